The maximum Gasteiger partial charge on any atom is 0.332 e. The summed E-state index contributed by atoms with van der Waals surface area (Å²) in [5.41, 5.74) is -0.105. The van der Waals surface area contributed by atoms with E-state index in [-0.39, 0.29) is 17.4 Å². The molecule has 0 amide bonds. The lowest BCUT2D eigenvalue weighted by molar-refractivity contribution is 0.0187. The Labute approximate surface area is 168 Å². The summed E-state index contributed by atoms with van der Waals surface area (Å²) in [6, 6.07) is 9.68. The maximum atomic E-state index is 12.3. The lowest BCUT2D eigenvalue weighted by Crippen LogP contribution is -2.43. The smallest absolute Gasteiger partial charge is 0.332 e. The first kappa shape index (κ1) is 20.6. The third kappa shape index (κ3) is 4.18. The Morgan fingerprint density at radius 2 is 1.83 bits per heavy atom. The van der Waals surface area contributed by atoms with E-state index in [0.29, 0.717) is 19.8 Å². The van der Waals surface area contributed by atoms with Gasteiger partial charge in [0.05, 0.1) is 26.4 Å². The fraction of sp³-hybridized carbons (Fsp3) is 0.450. The van der Waals surface area contributed by atoms with E-state index in [2.05, 4.69) is 10.2 Å². The molecule has 1 aliphatic rings. The van der Waals surface area contributed by atoms with E-state index in [1.165, 1.54) is 11.6 Å². The third-order valence-electron chi connectivity index (χ3n) is 5.23. The number of ether oxygens (including phenoxy) is 2. The van der Waals surface area contributed by atoms with Crippen molar-refractivity contribution in [3.63, 3.8) is 0 Å². The van der Waals surface area contributed by atoms with E-state index in [0.717, 1.165) is 29.0 Å². The summed E-state index contributed by atoms with van der Waals surface area (Å²) in [5, 5.41) is 12.6. The van der Waals surface area contributed by atoms with Gasteiger partial charge in [0, 0.05) is 33.7 Å². The second-order valence-electron chi connectivity index (χ2n) is 6.86. The van der Waals surface area contributed by atoms with Crippen molar-refractivity contribution in [3.05, 3.63) is 56.2 Å². The molecule has 1 aliphatic heterocycles. The molecule has 1 saturated heterocycles. The second kappa shape index (κ2) is 8.94. The topological polar surface area (TPSA) is 102 Å². The fourth-order valence-corrected chi connectivity index (χ4v) is 3.52. The summed E-state index contributed by atoms with van der Waals surface area (Å²) in [6.07, 6.45) is 0. The Hall–Kier alpha value is -3.09. The second-order valence-corrected chi connectivity index (χ2v) is 6.86. The van der Waals surface area contributed by atoms with Gasteiger partial charge in [-0.25, -0.2) is 4.79 Å². The van der Waals surface area contributed by atoms with Crippen LogP contribution < -0.4 is 21.3 Å². The first-order valence-electron chi connectivity index (χ1n) is 9.37. The van der Waals surface area contributed by atoms with Crippen LogP contribution in [0.4, 0.5) is 5.82 Å². The number of morpholine rings is 1. The molecule has 0 spiro atoms. The zero-order valence-electron chi connectivity index (χ0n) is 16.8. The number of nitriles is 1. The van der Waals surface area contributed by atoms with Crippen molar-refractivity contribution in [2.45, 2.75) is 6.04 Å². The zero-order valence-corrected chi connectivity index (χ0v) is 16.8. The van der Waals surface area contributed by atoms with Crippen molar-refractivity contribution in [2.75, 3.05) is 45.3 Å². The van der Waals surface area contributed by atoms with Crippen molar-refractivity contribution in [3.8, 4) is 11.8 Å². The highest BCUT2D eigenvalue weighted by atomic mass is 16.5. The summed E-state index contributed by atoms with van der Waals surface area (Å²) < 4.78 is 13.0. The average molecular weight is 399 g/mol. The van der Waals surface area contributed by atoms with Gasteiger partial charge in [0.2, 0.25) is 0 Å². The normalized spacial score (nSPS) is 15.5. The van der Waals surface area contributed by atoms with Gasteiger partial charge in [-0.3, -0.25) is 18.8 Å². The van der Waals surface area contributed by atoms with E-state index in [9.17, 15) is 14.9 Å². The number of nitrogens with one attached hydrogen (secondary N) is 1. The molecule has 2 heterocycles. The van der Waals surface area contributed by atoms with Gasteiger partial charge < -0.3 is 14.8 Å². The number of methoxy groups -OCH3 is 1. The molecule has 1 aromatic carbocycles. The van der Waals surface area contributed by atoms with Gasteiger partial charge in [0.25, 0.3) is 5.56 Å². The quantitative estimate of drug-likeness (QED) is 0.752. The monoisotopic (exact) mass is 399 g/mol. The van der Waals surface area contributed by atoms with E-state index < -0.39 is 11.2 Å². The number of hydrogen-bond acceptors (Lipinski definition) is 7. The highest BCUT2D eigenvalue weighted by molar-refractivity contribution is 5.51. The number of benzene rings is 1. The Kier molecular flexibility index (Phi) is 6.36. The van der Waals surface area contributed by atoms with Crippen LogP contribution in [-0.2, 0) is 18.8 Å². The van der Waals surface area contributed by atoms with Crippen molar-refractivity contribution >= 4 is 5.82 Å². The first-order chi connectivity index (χ1) is 14.0. The molecule has 1 atom stereocenters. The van der Waals surface area contributed by atoms with Gasteiger partial charge in [-0.15, -0.1) is 0 Å². The molecule has 154 valence electrons. The predicted molar refractivity (Wildman–Crippen MR) is 108 cm³/mol. The summed E-state index contributed by atoms with van der Waals surface area (Å²) in [4.78, 5) is 26.9. The zero-order chi connectivity index (χ0) is 21.0. The van der Waals surface area contributed by atoms with E-state index in [4.69, 9.17) is 9.47 Å². The van der Waals surface area contributed by atoms with Gasteiger partial charge in [-0.1, -0.05) is 12.1 Å². The number of nitrogens with zero attached hydrogens (tertiary/aromatic N) is 4. The van der Waals surface area contributed by atoms with Crippen LogP contribution in [0.2, 0.25) is 0 Å². The largest absolute Gasteiger partial charge is 0.497 e. The number of aromatic nitrogens is 2. The fourth-order valence-electron chi connectivity index (χ4n) is 3.52. The van der Waals surface area contributed by atoms with Gasteiger partial charge in [0.15, 0.2) is 5.56 Å². The number of hydrogen-bond donors (Lipinski definition) is 1. The van der Waals surface area contributed by atoms with Crippen LogP contribution in [-0.4, -0.2) is 54.0 Å². The lowest BCUT2D eigenvalue weighted by Gasteiger charge is -2.35. The van der Waals surface area contributed by atoms with Crippen LogP contribution in [0.25, 0.3) is 0 Å². The van der Waals surface area contributed by atoms with E-state index >= 15 is 0 Å². The minimum Gasteiger partial charge on any atom is -0.497 e. The van der Waals surface area contributed by atoms with Crippen molar-refractivity contribution < 1.29 is 9.47 Å². The van der Waals surface area contributed by atoms with Gasteiger partial charge >= 0.3 is 5.69 Å². The molecule has 0 radical (unpaired) electrons. The Morgan fingerprint density at radius 1 is 1.17 bits per heavy atom. The van der Waals surface area contributed by atoms with Crippen molar-refractivity contribution in [1.29, 1.82) is 5.26 Å². The minimum absolute atomic E-state index is 0.0319. The summed E-state index contributed by atoms with van der Waals surface area (Å²) in [6.45, 7) is 3.22. The molecule has 1 fully saturated rings. The van der Waals surface area contributed by atoms with Crippen LogP contribution in [0.5, 0.6) is 5.75 Å². The molecule has 9 nitrogen and oxygen atoms in total. The van der Waals surface area contributed by atoms with Gasteiger partial charge in [-0.05, 0) is 17.7 Å². The maximum absolute atomic E-state index is 12.3. The van der Waals surface area contributed by atoms with Gasteiger partial charge in [-0.2, -0.15) is 5.26 Å². The molecule has 3 rings (SSSR count). The number of anilines is 1. The van der Waals surface area contributed by atoms with Crippen LogP contribution >= 0.6 is 0 Å². The first-order valence-corrected chi connectivity index (χ1v) is 9.37. The third-order valence-corrected chi connectivity index (χ3v) is 5.23. The molecule has 9 heteroatoms. The van der Waals surface area contributed by atoms with Crippen LogP contribution in [0.3, 0.4) is 0 Å². The number of rotatable bonds is 6. The average Bonchev–Trinajstić information content (AvgIpc) is 2.77. The Bertz CT molecular complexity index is 1010. The summed E-state index contributed by atoms with van der Waals surface area (Å²) >= 11 is 0. The van der Waals surface area contributed by atoms with Crippen LogP contribution in [0.1, 0.15) is 17.2 Å². The van der Waals surface area contributed by atoms with E-state index in [1.54, 1.807) is 14.2 Å². The summed E-state index contributed by atoms with van der Waals surface area (Å²) in [7, 11) is 4.53. The Balaban J connectivity index is 1.94. The van der Waals surface area contributed by atoms with Gasteiger partial charge in [0.1, 0.15) is 17.6 Å². The predicted octanol–water partition coefficient (Wildman–Crippen LogP) is 0.450. The van der Waals surface area contributed by atoms with E-state index in [1.807, 2.05) is 30.3 Å². The molecular weight excluding hydrogens is 374 g/mol. The molecule has 1 N–H and O–H groups in total. The Morgan fingerprint density at radius 3 is 2.41 bits per heavy atom. The standard InChI is InChI=1S/C20H25N5O4/c1-23-18(16(12-21)19(26)24(2)20(23)27)22-13-17(25-8-10-29-11-9-25)14-4-6-15(28-3)7-5-14/h4-7,17,22H,8-11,13H2,1-3H3/t17-/m0/s1. The van der Waals surface area contributed by atoms with Crippen molar-refractivity contribution in [2.24, 2.45) is 14.1 Å². The van der Waals surface area contributed by atoms with Crippen LogP contribution in [0.15, 0.2) is 33.9 Å². The molecule has 2 aromatic rings. The molecule has 0 bridgehead atoms. The minimum atomic E-state index is -0.606. The molecule has 29 heavy (non-hydrogen) atoms. The molecule has 0 saturated carbocycles. The molecule has 0 aliphatic carbocycles. The highest BCUT2D eigenvalue weighted by Gasteiger charge is 2.24. The SMILES string of the molecule is COc1ccc([C@H](CNc2c(C#N)c(=O)n(C)c(=O)n2C)N2CCOCC2)cc1. The molecule has 0 unspecified atom stereocenters. The molecule has 1 aromatic heterocycles. The van der Waals surface area contributed by atoms with Crippen molar-refractivity contribution in [1.82, 2.24) is 14.0 Å². The lowest BCUT2D eigenvalue weighted by atomic mass is 10.0. The highest BCUT2D eigenvalue weighted by Crippen LogP contribution is 2.25. The molecular formula is C20H25N5O4. The van der Waals surface area contributed by atoms with Crippen LogP contribution in [0, 0.1) is 11.3 Å². The summed E-state index contributed by atoms with van der Waals surface area (Å²) in [5.74, 6) is 0.996.